The summed E-state index contributed by atoms with van der Waals surface area (Å²) in [5.74, 6) is 0. The number of anilines is 1. The number of benzene rings is 1. The van der Waals surface area contributed by atoms with Gasteiger partial charge in [0.15, 0.2) is 0 Å². The summed E-state index contributed by atoms with van der Waals surface area (Å²) in [5.41, 5.74) is 2.66. The van der Waals surface area contributed by atoms with Gasteiger partial charge < -0.3 is 10.2 Å². The highest BCUT2D eigenvalue weighted by Crippen LogP contribution is 2.16. The third kappa shape index (κ3) is 3.92. The summed E-state index contributed by atoms with van der Waals surface area (Å²) in [4.78, 5) is 2.30. The predicted octanol–water partition coefficient (Wildman–Crippen LogP) is 2.43. The van der Waals surface area contributed by atoms with E-state index in [4.69, 9.17) is 0 Å². The van der Waals surface area contributed by atoms with Crippen molar-refractivity contribution in [3.8, 4) is 0 Å². The van der Waals surface area contributed by atoms with E-state index in [2.05, 4.69) is 62.3 Å². The third-order valence-corrected chi connectivity index (χ3v) is 2.53. The van der Waals surface area contributed by atoms with E-state index in [-0.39, 0.29) is 0 Å². The first-order chi connectivity index (χ1) is 7.11. The van der Waals surface area contributed by atoms with Gasteiger partial charge in [0.1, 0.15) is 0 Å². The number of likely N-dealkylation sites (N-methyl/N-ethyl adjacent to an activating group) is 1. The number of para-hydroxylation sites is 1. The third-order valence-electron chi connectivity index (χ3n) is 2.53. The van der Waals surface area contributed by atoms with Crippen LogP contribution in [0.25, 0.3) is 0 Å². The maximum absolute atomic E-state index is 3.42. The van der Waals surface area contributed by atoms with Gasteiger partial charge in [-0.15, -0.1) is 0 Å². The summed E-state index contributed by atoms with van der Waals surface area (Å²) in [6.45, 7) is 8.58. The van der Waals surface area contributed by atoms with Gasteiger partial charge in [0.2, 0.25) is 0 Å². The molecule has 0 amide bonds. The Hall–Kier alpha value is -1.02. The highest BCUT2D eigenvalue weighted by atomic mass is 15.1. The second kappa shape index (κ2) is 5.76. The summed E-state index contributed by atoms with van der Waals surface area (Å²) in [6.07, 6.45) is 0. The molecule has 2 heteroatoms. The second-order valence-electron chi connectivity index (χ2n) is 4.32. The fraction of sp³-hybridized carbons (Fsp3) is 0.538. The molecule has 0 aromatic heterocycles. The van der Waals surface area contributed by atoms with Crippen molar-refractivity contribution in [2.75, 3.05) is 25.0 Å². The van der Waals surface area contributed by atoms with Crippen LogP contribution in [-0.2, 0) is 0 Å². The molecule has 15 heavy (non-hydrogen) atoms. The number of aryl methyl sites for hydroxylation is 1. The Morgan fingerprint density at radius 3 is 2.53 bits per heavy atom. The molecule has 0 radical (unpaired) electrons. The fourth-order valence-electron chi connectivity index (χ4n) is 1.63. The first-order valence-electron chi connectivity index (χ1n) is 5.61. The van der Waals surface area contributed by atoms with Crippen LogP contribution in [0.1, 0.15) is 19.4 Å². The van der Waals surface area contributed by atoms with Gasteiger partial charge in [0.05, 0.1) is 0 Å². The SMILES string of the molecule is Cc1ccccc1N(C)CCNC(C)C. The molecule has 0 fully saturated rings. The Balaban J connectivity index is 2.47. The lowest BCUT2D eigenvalue weighted by molar-refractivity contribution is 0.589. The van der Waals surface area contributed by atoms with Crippen LogP contribution in [0.4, 0.5) is 5.69 Å². The maximum Gasteiger partial charge on any atom is 0.0393 e. The van der Waals surface area contributed by atoms with Crippen molar-refractivity contribution in [3.63, 3.8) is 0 Å². The molecule has 0 atom stereocenters. The minimum atomic E-state index is 0.565. The van der Waals surface area contributed by atoms with Crippen LogP contribution in [0.5, 0.6) is 0 Å². The van der Waals surface area contributed by atoms with Crippen molar-refractivity contribution in [2.45, 2.75) is 26.8 Å². The van der Waals surface area contributed by atoms with Gasteiger partial charge in [-0.1, -0.05) is 32.0 Å². The van der Waals surface area contributed by atoms with Gasteiger partial charge in [0, 0.05) is 31.9 Å². The van der Waals surface area contributed by atoms with Gasteiger partial charge in [0.25, 0.3) is 0 Å². The van der Waals surface area contributed by atoms with E-state index in [0.29, 0.717) is 6.04 Å². The zero-order chi connectivity index (χ0) is 11.3. The van der Waals surface area contributed by atoms with Crippen LogP contribution in [0.3, 0.4) is 0 Å². The largest absolute Gasteiger partial charge is 0.373 e. The van der Waals surface area contributed by atoms with Gasteiger partial charge in [-0.3, -0.25) is 0 Å². The van der Waals surface area contributed by atoms with Crippen molar-refractivity contribution < 1.29 is 0 Å². The van der Waals surface area contributed by atoms with Crippen LogP contribution < -0.4 is 10.2 Å². The Labute approximate surface area is 93.3 Å². The van der Waals surface area contributed by atoms with Crippen molar-refractivity contribution in [1.29, 1.82) is 0 Å². The number of hydrogen-bond donors (Lipinski definition) is 1. The molecule has 2 nitrogen and oxygen atoms in total. The molecule has 0 unspecified atom stereocenters. The molecular formula is C13H22N2. The van der Waals surface area contributed by atoms with E-state index in [1.165, 1.54) is 11.3 Å². The lowest BCUT2D eigenvalue weighted by Gasteiger charge is -2.22. The molecule has 0 aliphatic heterocycles. The van der Waals surface area contributed by atoms with E-state index >= 15 is 0 Å². The van der Waals surface area contributed by atoms with Crippen LogP contribution in [0.2, 0.25) is 0 Å². The lowest BCUT2D eigenvalue weighted by Crippen LogP contribution is -2.33. The van der Waals surface area contributed by atoms with E-state index in [1.807, 2.05) is 0 Å². The minimum Gasteiger partial charge on any atom is -0.373 e. The smallest absolute Gasteiger partial charge is 0.0393 e. The van der Waals surface area contributed by atoms with Crippen molar-refractivity contribution in [3.05, 3.63) is 29.8 Å². The van der Waals surface area contributed by atoms with Gasteiger partial charge >= 0.3 is 0 Å². The van der Waals surface area contributed by atoms with Gasteiger partial charge in [-0.25, -0.2) is 0 Å². The van der Waals surface area contributed by atoms with Crippen LogP contribution in [0.15, 0.2) is 24.3 Å². The molecule has 0 bridgehead atoms. The standard InChI is InChI=1S/C13H22N2/c1-11(2)14-9-10-15(4)13-8-6-5-7-12(13)3/h5-8,11,14H,9-10H2,1-4H3. The first-order valence-corrected chi connectivity index (χ1v) is 5.61. The summed E-state index contributed by atoms with van der Waals surface area (Å²) in [6, 6.07) is 9.07. The Morgan fingerprint density at radius 1 is 1.27 bits per heavy atom. The highest BCUT2D eigenvalue weighted by molar-refractivity contribution is 5.52. The summed E-state index contributed by atoms with van der Waals surface area (Å²) in [5, 5.41) is 3.42. The molecular weight excluding hydrogens is 184 g/mol. The maximum atomic E-state index is 3.42. The van der Waals surface area contributed by atoms with Crippen LogP contribution in [-0.4, -0.2) is 26.2 Å². The van der Waals surface area contributed by atoms with Crippen LogP contribution >= 0.6 is 0 Å². The predicted molar refractivity (Wildman–Crippen MR) is 67.6 cm³/mol. The average Bonchev–Trinajstić information content (AvgIpc) is 2.17. The van der Waals surface area contributed by atoms with Crippen molar-refractivity contribution in [1.82, 2.24) is 5.32 Å². The van der Waals surface area contributed by atoms with Crippen molar-refractivity contribution >= 4 is 5.69 Å². The monoisotopic (exact) mass is 206 g/mol. The summed E-state index contributed by atoms with van der Waals surface area (Å²) >= 11 is 0. The number of nitrogens with zero attached hydrogens (tertiary/aromatic N) is 1. The zero-order valence-corrected chi connectivity index (χ0v) is 10.2. The molecule has 0 aliphatic rings. The van der Waals surface area contributed by atoms with Crippen LogP contribution in [0, 0.1) is 6.92 Å². The molecule has 0 heterocycles. The van der Waals surface area contributed by atoms with Gasteiger partial charge in [-0.2, -0.15) is 0 Å². The van der Waals surface area contributed by atoms with Crippen molar-refractivity contribution in [2.24, 2.45) is 0 Å². The normalized spacial score (nSPS) is 10.7. The van der Waals surface area contributed by atoms with E-state index < -0.39 is 0 Å². The molecule has 1 N–H and O–H groups in total. The van der Waals surface area contributed by atoms with E-state index in [0.717, 1.165) is 13.1 Å². The minimum absolute atomic E-state index is 0.565. The second-order valence-corrected chi connectivity index (χ2v) is 4.32. The number of rotatable bonds is 5. The molecule has 0 aliphatic carbocycles. The molecule has 0 spiro atoms. The Morgan fingerprint density at radius 2 is 1.93 bits per heavy atom. The molecule has 1 aromatic rings. The van der Waals surface area contributed by atoms with Gasteiger partial charge in [-0.05, 0) is 18.6 Å². The quantitative estimate of drug-likeness (QED) is 0.796. The molecule has 1 aromatic carbocycles. The number of hydrogen-bond acceptors (Lipinski definition) is 2. The lowest BCUT2D eigenvalue weighted by atomic mass is 10.2. The fourth-order valence-corrected chi connectivity index (χ4v) is 1.63. The summed E-state index contributed by atoms with van der Waals surface area (Å²) in [7, 11) is 2.14. The van der Waals surface area contributed by atoms with E-state index in [9.17, 15) is 0 Å². The number of nitrogens with one attached hydrogen (secondary N) is 1. The summed E-state index contributed by atoms with van der Waals surface area (Å²) < 4.78 is 0. The molecule has 84 valence electrons. The molecule has 1 rings (SSSR count). The molecule has 0 saturated carbocycles. The Kier molecular flexibility index (Phi) is 4.63. The average molecular weight is 206 g/mol. The Bertz CT molecular complexity index is 294. The highest BCUT2D eigenvalue weighted by Gasteiger charge is 2.02. The zero-order valence-electron chi connectivity index (χ0n) is 10.2. The van der Waals surface area contributed by atoms with E-state index in [1.54, 1.807) is 0 Å². The topological polar surface area (TPSA) is 15.3 Å². The first kappa shape index (κ1) is 12.1. The molecule has 0 saturated heterocycles.